The molecule has 9 heteroatoms. The van der Waals surface area contributed by atoms with Gasteiger partial charge in [0, 0.05) is 35.2 Å². The number of oxazole rings is 1. The molecule has 4 heterocycles. The van der Waals surface area contributed by atoms with Gasteiger partial charge in [0.15, 0.2) is 5.82 Å². The van der Waals surface area contributed by atoms with Gasteiger partial charge in [0.25, 0.3) is 0 Å². The molecule has 5 aromatic rings. The molecule has 6 nitrogen and oxygen atoms in total. The van der Waals surface area contributed by atoms with Gasteiger partial charge in [0.2, 0.25) is 5.89 Å². The summed E-state index contributed by atoms with van der Waals surface area (Å²) in [5, 5.41) is 1.74. The van der Waals surface area contributed by atoms with Gasteiger partial charge in [-0.3, -0.25) is 4.90 Å². The maximum atomic E-state index is 6.33. The Hall–Kier alpha value is -2.51. The Balaban J connectivity index is 0.00000152. The van der Waals surface area contributed by atoms with Crippen molar-refractivity contribution in [3.8, 4) is 23.0 Å². The smallest absolute Gasteiger partial charge is 0.228 e. The SMILES string of the molecule is CC(C)Cn1cc(-c2nc(-c3nc4ccc(CN5CCCC5)cc4[nH]3)co2)c2cc(Cl)ccc21.Cl.Cl. The number of aromatic nitrogens is 4. The van der Waals surface area contributed by atoms with E-state index in [1.165, 1.54) is 31.5 Å². The average Bonchev–Trinajstić information content (AvgIpc) is 3.59. The highest BCUT2D eigenvalue weighted by Crippen LogP contribution is 2.34. The third kappa shape index (κ3) is 5.14. The highest BCUT2D eigenvalue weighted by atomic mass is 35.5. The van der Waals surface area contributed by atoms with Gasteiger partial charge < -0.3 is 14.0 Å². The van der Waals surface area contributed by atoms with Crippen molar-refractivity contribution in [1.29, 1.82) is 0 Å². The van der Waals surface area contributed by atoms with Crippen molar-refractivity contribution in [2.75, 3.05) is 13.1 Å². The second kappa shape index (κ2) is 10.9. The topological polar surface area (TPSA) is 62.9 Å². The van der Waals surface area contributed by atoms with E-state index in [-0.39, 0.29) is 24.8 Å². The molecule has 1 N–H and O–H groups in total. The number of benzene rings is 2. The Labute approximate surface area is 227 Å². The standard InChI is InChI=1S/C27H28ClN5O.2ClH/c1-17(2)13-33-15-21(20-12-19(28)6-8-25(20)33)27-31-24(16-34-27)26-29-22-7-5-18(11-23(22)30-26)14-32-9-3-4-10-32;;/h5-8,11-12,15-17H,3-4,9-10,13-14H2,1-2H3,(H,29,30);2*1H. The fraction of sp³-hybridized carbons (Fsp3) is 0.333. The largest absolute Gasteiger partial charge is 0.444 e. The van der Waals surface area contributed by atoms with Gasteiger partial charge >= 0.3 is 0 Å². The van der Waals surface area contributed by atoms with Crippen LogP contribution in [0, 0.1) is 5.92 Å². The normalized spacial score (nSPS) is 14.0. The van der Waals surface area contributed by atoms with E-state index in [9.17, 15) is 0 Å². The lowest BCUT2D eigenvalue weighted by Crippen LogP contribution is -2.18. The first-order valence-corrected chi connectivity index (χ1v) is 12.4. The van der Waals surface area contributed by atoms with Gasteiger partial charge in [-0.25, -0.2) is 9.97 Å². The zero-order chi connectivity index (χ0) is 23.2. The molecule has 0 saturated carbocycles. The molecule has 6 rings (SSSR count). The lowest BCUT2D eigenvalue weighted by atomic mass is 10.2. The van der Waals surface area contributed by atoms with E-state index in [2.05, 4.69) is 58.8 Å². The van der Waals surface area contributed by atoms with Crippen LogP contribution in [0.3, 0.4) is 0 Å². The fourth-order valence-corrected chi connectivity index (χ4v) is 5.14. The maximum Gasteiger partial charge on any atom is 0.228 e. The average molecular weight is 547 g/mol. The number of fused-ring (bicyclic) bond motifs is 2. The number of hydrogen-bond acceptors (Lipinski definition) is 4. The van der Waals surface area contributed by atoms with Gasteiger partial charge in [-0.1, -0.05) is 31.5 Å². The van der Waals surface area contributed by atoms with Crippen LogP contribution in [-0.2, 0) is 13.1 Å². The third-order valence-corrected chi connectivity index (χ3v) is 6.77. The second-order valence-corrected chi connectivity index (χ2v) is 10.1. The first-order valence-electron chi connectivity index (χ1n) is 12.0. The molecule has 36 heavy (non-hydrogen) atoms. The van der Waals surface area contributed by atoms with E-state index in [0.29, 0.717) is 28.3 Å². The summed E-state index contributed by atoms with van der Waals surface area (Å²) >= 11 is 6.33. The number of halogens is 3. The summed E-state index contributed by atoms with van der Waals surface area (Å²) in [4.78, 5) is 15.5. The number of aromatic amines is 1. The molecule has 190 valence electrons. The quantitative estimate of drug-likeness (QED) is 0.238. The number of H-pyrrole nitrogens is 1. The summed E-state index contributed by atoms with van der Waals surface area (Å²) in [6.07, 6.45) is 6.38. The minimum absolute atomic E-state index is 0. The van der Waals surface area contributed by atoms with Crippen LogP contribution in [0.1, 0.15) is 32.3 Å². The van der Waals surface area contributed by atoms with Crippen LogP contribution in [0.5, 0.6) is 0 Å². The third-order valence-electron chi connectivity index (χ3n) is 6.53. The van der Waals surface area contributed by atoms with Gasteiger partial charge in [-0.15, -0.1) is 24.8 Å². The highest BCUT2D eigenvalue weighted by Gasteiger charge is 2.18. The molecule has 1 aliphatic rings. The number of likely N-dealkylation sites (tertiary alicyclic amines) is 1. The van der Waals surface area contributed by atoms with Crippen LogP contribution in [0.15, 0.2) is 53.3 Å². The summed E-state index contributed by atoms with van der Waals surface area (Å²) in [6.45, 7) is 8.70. The van der Waals surface area contributed by atoms with Crippen molar-refractivity contribution >= 4 is 58.4 Å². The summed E-state index contributed by atoms with van der Waals surface area (Å²) in [5.41, 5.74) is 6.02. The van der Waals surface area contributed by atoms with Crippen LogP contribution < -0.4 is 0 Å². The minimum Gasteiger partial charge on any atom is -0.444 e. The zero-order valence-corrected chi connectivity index (χ0v) is 22.7. The molecular formula is C27H30Cl3N5O. The van der Waals surface area contributed by atoms with Gasteiger partial charge in [-0.05, 0) is 67.7 Å². The van der Waals surface area contributed by atoms with Gasteiger partial charge in [0.1, 0.15) is 12.0 Å². The predicted octanol–water partition coefficient (Wildman–Crippen LogP) is 7.59. The maximum absolute atomic E-state index is 6.33. The van der Waals surface area contributed by atoms with Gasteiger partial charge in [0.05, 0.1) is 16.6 Å². The van der Waals surface area contributed by atoms with Crippen molar-refractivity contribution in [3.63, 3.8) is 0 Å². The molecule has 0 radical (unpaired) electrons. The summed E-state index contributed by atoms with van der Waals surface area (Å²) < 4.78 is 8.19. The van der Waals surface area contributed by atoms with Crippen LogP contribution in [0.2, 0.25) is 5.02 Å². The van der Waals surface area contributed by atoms with E-state index in [4.69, 9.17) is 26.0 Å². The number of hydrogen-bond donors (Lipinski definition) is 1. The van der Waals surface area contributed by atoms with Crippen LogP contribution in [0.25, 0.3) is 44.9 Å². The van der Waals surface area contributed by atoms with Crippen molar-refractivity contribution in [2.24, 2.45) is 5.92 Å². The second-order valence-electron chi connectivity index (χ2n) is 9.71. The Kier molecular flexibility index (Phi) is 8.00. The lowest BCUT2D eigenvalue weighted by Gasteiger charge is -2.14. The minimum atomic E-state index is 0. The molecule has 0 bridgehead atoms. The number of nitrogens with one attached hydrogen (secondary N) is 1. The van der Waals surface area contributed by atoms with Crippen molar-refractivity contribution in [3.05, 3.63) is 59.4 Å². The van der Waals surface area contributed by atoms with E-state index in [1.807, 2.05) is 12.1 Å². The predicted molar refractivity (Wildman–Crippen MR) is 151 cm³/mol. The molecule has 1 fully saturated rings. The number of nitrogens with zero attached hydrogens (tertiary/aromatic N) is 4. The Morgan fingerprint density at radius 3 is 2.64 bits per heavy atom. The first kappa shape index (κ1) is 26.6. The highest BCUT2D eigenvalue weighted by molar-refractivity contribution is 6.31. The monoisotopic (exact) mass is 545 g/mol. The summed E-state index contributed by atoms with van der Waals surface area (Å²) in [7, 11) is 0. The van der Waals surface area contributed by atoms with Crippen LogP contribution >= 0.6 is 36.4 Å². The summed E-state index contributed by atoms with van der Waals surface area (Å²) in [6, 6.07) is 12.4. The number of rotatable bonds is 6. The summed E-state index contributed by atoms with van der Waals surface area (Å²) in [5.74, 6) is 1.80. The molecule has 0 unspecified atom stereocenters. The molecule has 3 aromatic heterocycles. The Bertz CT molecular complexity index is 1480. The van der Waals surface area contributed by atoms with Crippen molar-refractivity contribution < 1.29 is 4.42 Å². The molecule has 1 aliphatic heterocycles. The first-order chi connectivity index (χ1) is 16.5. The van der Waals surface area contributed by atoms with Gasteiger partial charge in [-0.2, -0.15) is 0 Å². The van der Waals surface area contributed by atoms with E-state index in [0.717, 1.165) is 40.6 Å². The van der Waals surface area contributed by atoms with E-state index >= 15 is 0 Å². The van der Waals surface area contributed by atoms with Crippen molar-refractivity contribution in [1.82, 2.24) is 24.4 Å². The zero-order valence-electron chi connectivity index (χ0n) is 20.3. The van der Waals surface area contributed by atoms with Crippen LogP contribution in [0.4, 0.5) is 0 Å². The molecule has 0 atom stereocenters. The Morgan fingerprint density at radius 2 is 1.86 bits per heavy atom. The van der Waals surface area contributed by atoms with E-state index in [1.54, 1.807) is 6.26 Å². The molecular weight excluding hydrogens is 517 g/mol. The van der Waals surface area contributed by atoms with E-state index < -0.39 is 0 Å². The Morgan fingerprint density at radius 1 is 1.06 bits per heavy atom. The van der Waals surface area contributed by atoms with Crippen molar-refractivity contribution in [2.45, 2.75) is 39.8 Å². The molecule has 0 amide bonds. The molecule has 0 aliphatic carbocycles. The van der Waals surface area contributed by atoms with Crippen LogP contribution in [-0.4, -0.2) is 37.5 Å². The number of imidazole rings is 1. The molecule has 2 aromatic carbocycles. The molecule has 0 spiro atoms. The lowest BCUT2D eigenvalue weighted by molar-refractivity contribution is 0.331. The fourth-order valence-electron chi connectivity index (χ4n) is 4.97. The molecule has 1 saturated heterocycles.